The molecule has 0 spiro atoms. The van der Waals surface area contributed by atoms with E-state index in [0.717, 1.165) is 16.9 Å². The molecule has 0 amide bonds. The highest BCUT2D eigenvalue weighted by molar-refractivity contribution is 5.58. The molecule has 84 valence electrons. The van der Waals surface area contributed by atoms with Crippen LogP contribution in [-0.2, 0) is 0 Å². The van der Waals surface area contributed by atoms with Crippen LogP contribution < -0.4 is 11.1 Å². The van der Waals surface area contributed by atoms with Gasteiger partial charge in [-0.2, -0.15) is 0 Å². The largest absolute Gasteiger partial charge is 0.398 e. The highest BCUT2D eigenvalue weighted by Gasteiger charge is 2.09. The third kappa shape index (κ3) is 3.15. The summed E-state index contributed by atoms with van der Waals surface area (Å²) in [5.74, 6) is 0.674. The molecule has 0 aromatic heterocycles. The Morgan fingerprint density at radius 2 is 2.00 bits per heavy atom. The number of nitrogens with two attached hydrogens (primary N) is 1. The summed E-state index contributed by atoms with van der Waals surface area (Å²) < 4.78 is 0. The van der Waals surface area contributed by atoms with E-state index in [-0.39, 0.29) is 0 Å². The summed E-state index contributed by atoms with van der Waals surface area (Å²) in [5, 5.41) is 3.48. The zero-order valence-electron chi connectivity index (χ0n) is 10.2. The monoisotopic (exact) mass is 206 g/mol. The van der Waals surface area contributed by atoms with Crippen molar-refractivity contribution in [2.24, 2.45) is 5.92 Å². The van der Waals surface area contributed by atoms with Crippen molar-refractivity contribution in [1.82, 2.24) is 0 Å². The molecule has 2 unspecified atom stereocenters. The van der Waals surface area contributed by atoms with Gasteiger partial charge in [0.15, 0.2) is 0 Å². The van der Waals surface area contributed by atoms with E-state index in [0.29, 0.717) is 12.0 Å². The van der Waals surface area contributed by atoms with Gasteiger partial charge < -0.3 is 11.1 Å². The lowest BCUT2D eigenvalue weighted by Gasteiger charge is -2.21. The van der Waals surface area contributed by atoms with Gasteiger partial charge in [-0.3, -0.25) is 0 Å². The Balaban J connectivity index is 2.68. The van der Waals surface area contributed by atoms with Crippen LogP contribution in [0.1, 0.15) is 32.8 Å². The zero-order valence-corrected chi connectivity index (χ0v) is 10.2. The minimum Gasteiger partial charge on any atom is -0.398 e. The number of hydrogen-bond acceptors (Lipinski definition) is 2. The molecule has 0 radical (unpaired) electrons. The summed E-state index contributed by atoms with van der Waals surface area (Å²) in [7, 11) is 0. The highest BCUT2D eigenvalue weighted by atomic mass is 14.9. The van der Waals surface area contributed by atoms with Gasteiger partial charge in [0.1, 0.15) is 0 Å². The highest BCUT2D eigenvalue weighted by Crippen LogP contribution is 2.19. The van der Waals surface area contributed by atoms with E-state index < -0.39 is 0 Å². The quantitative estimate of drug-likeness (QED) is 0.741. The Kier molecular flexibility index (Phi) is 4.01. The van der Waals surface area contributed by atoms with Crippen LogP contribution in [0.3, 0.4) is 0 Å². The number of anilines is 2. The van der Waals surface area contributed by atoms with Crippen LogP contribution in [0.15, 0.2) is 18.2 Å². The average molecular weight is 206 g/mol. The summed E-state index contributed by atoms with van der Waals surface area (Å²) in [4.78, 5) is 0. The van der Waals surface area contributed by atoms with Crippen LogP contribution in [0.5, 0.6) is 0 Å². The lowest BCUT2D eigenvalue weighted by Crippen LogP contribution is -2.23. The van der Waals surface area contributed by atoms with E-state index in [4.69, 9.17) is 5.73 Å². The van der Waals surface area contributed by atoms with Gasteiger partial charge in [-0.15, -0.1) is 0 Å². The summed E-state index contributed by atoms with van der Waals surface area (Å²) in [5.41, 5.74) is 8.98. The van der Waals surface area contributed by atoms with Gasteiger partial charge in [0.2, 0.25) is 0 Å². The summed E-state index contributed by atoms with van der Waals surface area (Å²) >= 11 is 0. The minimum atomic E-state index is 0.483. The van der Waals surface area contributed by atoms with Crippen LogP contribution in [0.2, 0.25) is 0 Å². The molecule has 15 heavy (non-hydrogen) atoms. The van der Waals surface area contributed by atoms with Crippen molar-refractivity contribution in [3.63, 3.8) is 0 Å². The molecule has 0 saturated carbocycles. The van der Waals surface area contributed by atoms with E-state index in [1.54, 1.807) is 0 Å². The Hall–Kier alpha value is -1.18. The number of rotatable bonds is 4. The minimum absolute atomic E-state index is 0.483. The molecule has 0 bridgehead atoms. The van der Waals surface area contributed by atoms with E-state index in [1.165, 1.54) is 6.42 Å². The second kappa shape index (κ2) is 5.06. The van der Waals surface area contributed by atoms with Crippen LogP contribution >= 0.6 is 0 Å². The molecule has 1 aromatic carbocycles. The van der Waals surface area contributed by atoms with Crippen LogP contribution in [0.25, 0.3) is 0 Å². The molecule has 1 aromatic rings. The predicted molar refractivity (Wildman–Crippen MR) is 68.1 cm³/mol. The van der Waals surface area contributed by atoms with Crippen molar-refractivity contribution in [2.75, 3.05) is 11.1 Å². The molecule has 0 aliphatic heterocycles. The van der Waals surface area contributed by atoms with Crippen LogP contribution in [-0.4, -0.2) is 6.04 Å². The van der Waals surface area contributed by atoms with Gasteiger partial charge in [0.05, 0.1) is 0 Å². The van der Waals surface area contributed by atoms with E-state index in [2.05, 4.69) is 38.2 Å². The van der Waals surface area contributed by atoms with E-state index >= 15 is 0 Å². The first-order valence-corrected chi connectivity index (χ1v) is 5.67. The first-order valence-electron chi connectivity index (χ1n) is 5.67. The Labute approximate surface area is 92.9 Å². The molecule has 0 fully saturated rings. The average Bonchev–Trinajstić information content (AvgIpc) is 2.22. The number of aryl methyl sites for hydroxylation is 1. The maximum absolute atomic E-state index is 5.86. The topological polar surface area (TPSA) is 38.0 Å². The van der Waals surface area contributed by atoms with Crippen molar-refractivity contribution in [2.45, 2.75) is 40.2 Å². The fourth-order valence-electron chi connectivity index (χ4n) is 1.49. The van der Waals surface area contributed by atoms with Gasteiger partial charge in [-0.05, 0) is 37.5 Å². The first kappa shape index (κ1) is 11.9. The second-order valence-corrected chi connectivity index (χ2v) is 4.39. The number of nitrogen functional groups attached to an aromatic ring is 1. The normalized spacial score (nSPS) is 14.7. The Morgan fingerprint density at radius 3 is 2.53 bits per heavy atom. The Bertz CT molecular complexity index is 320. The molecule has 0 saturated heterocycles. The molecule has 0 heterocycles. The third-order valence-electron chi connectivity index (χ3n) is 3.17. The van der Waals surface area contributed by atoms with E-state index in [1.807, 2.05) is 13.0 Å². The SMILES string of the molecule is CCC(C)C(C)Nc1ccc(C)c(N)c1. The maximum Gasteiger partial charge on any atom is 0.0364 e. The van der Waals surface area contributed by atoms with E-state index in [9.17, 15) is 0 Å². The van der Waals surface area contributed by atoms with Crippen molar-refractivity contribution in [3.8, 4) is 0 Å². The summed E-state index contributed by atoms with van der Waals surface area (Å²) in [6.07, 6.45) is 1.19. The number of nitrogens with one attached hydrogen (secondary N) is 1. The third-order valence-corrected chi connectivity index (χ3v) is 3.17. The molecule has 2 nitrogen and oxygen atoms in total. The van der Waals surface area contributed by atoms with Crippen molar-refractivity contribution in [3.05, 3.63) is 23.8 Å². The van der Waals surface area contributed by atoms with Crippen LogP contribution in [0.4, 0.5) is 11.4 Å². The number of benzene rings is 1. The molecule has 0 aliphatic carbocycles. The molecular weight excluding hydrogens is 184 g/mol. The van der Waals surface area contributed by atoms with Gasteiger partial charge >= 0.3 is 0 Å². The second-order valence-electron chi connectivity index (χ2n) is 4.39. The Morgan fingerprint density at radius 1 is 1.33 bits per heavy atom. The van der Waals surface area contributed by atoms with Gasteiger partial charge in [0, 0.05) is 17.4 Å². The summed E-state index contributed by atoms with van der Waals surface area (Å²) in [6.45, 7) is 8.71. The molecule has 3 N–H and O–H groups in total. The predicted octanol–water partition coefficient (Wildman–Crippen LogP) is 3.42. The maximum atomic E-state index is 5.86. The fraction of sp³-hybridized carbons (Fsp3) is 0.538. The smallest absolute Gasteiger partial charge is 0.0364 e. The standard InChI is InChI=1S/C13H22N2/c1-5-9(2)11(4)15-12-7-6-10(3)13(14)8-12/h6-9,11,15H,5,14H2,1-4H3. The molecule has 2 heteroatoms. The molecular formula is C13H22N2. The van der Waals surface area contributed by atoms with Gasteiger partial charge in [-0.25, -0.2) is 0 Å². The molecule has 2 atom stereocenters. The van der Waals surface area contributed by atoms with Crippen molar-refractivity contribution >= 4 is 11.4 Å². The fourth-order valence-corrected chi connectivity index (χ4v) is 1.49. The lowest BCUT2D eigenvalue weighted by atomic mass is 10.0. The van der Waals surface area contributed by atoms with Crippen molar-refractivity contribution in [1.29, 1.82) is 0 Å². The van der Waals surface area contributed by atoms with Crippen molar-refractivity contribution < 1.29 is 0 Å². The van der Waals surface area contributed by atoms with Gasteiger partial charge in [-0.1, -0.05) is 26.3 Å². The molecule has 0 aliphatic rings. The van der Waals surface area contributed by atoms with Crippen LogP contribution in [0, 0.1) is 12.8 Å². The zero-order chi connectivity index (χ0) is 11.4. The number of hydrogen-bond donors (Lipinski definition) is 2. The van der Waals surface area contributed by atoms with Gasteiger partial charge in [0.25, 0.3) is 0 Å². The summed E-state index contributed by atoms with van der Waals surface area (Å²) in [6, 6.07) is 6.64. The molecule has 1 rings (SSSR count). The lowest BCUT2D eigenvalue weighted by molar-refractivity contribution is 0.495. The first-order chi connectivity index (χ1) is 7.04.